The summed E-state index contributed by atoms with van der Waals surface area (Å²) in [6.07, 6.45) is 2.43. The molecule has 5 nitrogen and oxygen atoms in total. The van der Waals surface area contributed by atoms with Crippen LogP contribution in [0.1, 0.15) is 15.9 Å². The van der Waals surface area contributed by atoms with Crippen molar-refractivity contribution >= 4 is 5.97 Å². The molecular formula is C13H7FN2O3. The Kier molecular flexibility index (Phi) is 3.39. The molecular weight excluding hydrogens is 251 g/mol. The van der Waals surface area contributed by atoms with E-state index < -0.39 is 11.8 Å². The van der Waals surface area contributed by atoms with Crippen LogP contribution in [0, 0.1) is 17.1 Å². The van der Waals surface area contributed by atoms with E-state index in [1.165, 1.54) is 24.4 Å². The van der Waals surface area contributed by atoms with Gasteiger partial charge in [-0.3, -0.25) is 4.98 Å². The van der Waals surface area contributed by atoms with Crippen LogP contribution in [-0.4, -0.2) is 16.1 Å². The highest BCUT2D eigenvalue weighted by molar-refractivity contribution is 5.87. The van der Waals surface area contributed by atoms with Crippen molar-refractivity contribution in [2.75, 3.05) is 0 Å². The van der Waals surface area contributed by atoms with Crippen LogP contribution in [0.4, 0.5) is 4.39 Å². The molecule has 1 aromatic carbocycles. The van der Waals surface area contributed by atoms with Gasteiger partial charge in [-0.1, -0.05) is 6.07 Å². The van der Waals surface area contributed by atoms with Gasteiger partial charge < -0.3 is 9.84 Å². The molecule has 0 aliphatic heterocycles. The highest BCUT2D eigenvalue weighted by Crippen LogP contribution is 2.26. The molecule has 94 valence electrons. The summed E-state index contributed by atoms with van der Waals surface area (Å²) >= 11 is 0. The van der Waals surface area contributed by atoms with E-state index in [4.69, 9.17) is 15.1 Å². The number of carbonyl (C=O) groups is 1. The summed E-state index contributed by atoms with van der Waals surface area (Å²) in [5, 5.41) is 17.7. The van der Waals surface area contributed by atoms with Crippen LogP contribution in [-0.2, 0) is 0 Å². The van der Waals surface area contributed by atoms with Crippen LogP contribution < -0.4 is 4.74 Å². The van der Waals surface area contributed by atoms with Crippen LogP contribution in [0.15, 0.2) is 36.7 Å². The number of aromatic nitrogens is 1. The molecule has 0 amide bonds. The fourth-order valence-electron chi connectivity index (χ4n) is 1.42. The second-order valence-electron chi connectivity index (χ2n) is 3.54. The molecule has 0 saturated heterocycles. The van der Waals surface area contributed by atoms with Crippen molar-refractivity contribution in [1.29, 1.82) is 5.26 Å². The van der Waals surface area contributed by atoms with Crippen molar-refractivity contribution in [1.82, 2.24) is 4.98 Å². The molecule has 0 radical (unpaired) electrons. The molecule has 0 atom stereocenters. The Morgan fingerprint density at radius 1 is 1.42 bits per heavy atom. The third-order valence-electron chi connectivity index (χ3n) is 2.28. The smallest absolute Gasteiger partial charge is 0.337 e. The van der Waals surface area contributed by atoms with E-state index in [-0.39, 0.29) is 22.6 Å². The molecule has 0 fully saturated rings. The average molecular weight is 258 g/mol. The number of halogens is 1. The predicted molar refractivity (Wildman–Crippen MR) is 62.4 cm³/mol. The summed E-state index contributed by atoms with van der Waals surface area (Å²) in [7, 11) is 0. The molecule has 6 heteroatoms. The van der Waals surface area contributed by atoms with Crippen molar-refractivity contribution in [3.63, 3.8) is 0 Å². The molecule has 2 aromatic rings. The van der Waals surface area contributed by atoms with E-state index in [2.05, 4.69) is 4.98 Å². The molecule has 0 bridgehead atoms. The van der Waals surface area contributed by atoms with E-state index in [1.54, 1.807) is 6.07 Å². The Hall–Kier alpha value is -2.94. The number of nitrogens with zero attached hydrogens (tertiary/aromatic N) is 2. The summed E-state index contributed by atoms with van der Waals surface area (Å²) in [4.78, 5) is 14.5. The van der Waals surface area contributed by atoms with Gasteiger partial charge in [-0.15, -0.1) is 0 Å². The van der Waals surface area contributed by atoms with E-state index in [1.807, 2.05) is 0 Å². The van der Waals surface area contributed by atoms with Crippen LogP contribution in [0.3, 0.4) is 0 Å². The van der Waals surface area contributed by atoms with Gasteiger partial charge >= 0.3 is 5.97 Å². The van der Waals surface area contributed by atoms with Gasteiger partial charge in [-0.25, -0.2) is 9.18 Å². The molecule has 0 aliphatic carbocycles. The van der Waals surface area contributed by atoms with E-state index in [0.717, 1.165) is 12.3 Å². The number of hydrogen-bond donors (Lipinski definition) is 1. The molecule has 0 saturated carbocycles. The number of nitriles is 1. The largest absolute Gasteiger partial charge is 0.478 e. The zero-order valence-corrected chi connectivity index (χ0v) is 9.50. The van der Waals surface area contributed by atoms with Gasteiger partial charge in [-0.2, -0.15) is 5.26 Å². The first-order valence-electron chi connectivity index (χ1n) is 5.16. The summed E-state index contributed by atoms with van der Waals surface area (Å²) in [6.45, 7) is 0. The normalized spacial score (nSPS) is 9.68. The van der Waals surface area contributed by atoms with Gasteiger partial charge in [0.05, 0.1) is 11.8 Å². The first kappa shape index (κ1) is 12.5. The predicted octanol–water partition coefficient (Wildman–Crippen LogP) is 2.58. The van der Waals surface area contributed by atoms with Crippen molar-refractivity contribution in [2.24, 2.45) is 0 Å². The average Bonchev–Trinajstić information content (AvgIpc) is 2.39. The molecule has 1 N–H and O–H groups in total. The zero-order valence-electron chi connectivity index (χ0n) is 9.50. The first-order valence-corrected chi connectivity index (χ1v) is 5.16. The molecule has 0 aliphatic rings. The number of hydrogen-bond acceptors (Lipinski definition) is 4. The number of rotatable bonds is 3. The second kappa shape index (κ2) is 5.14. The monoisotopic (exact) mass is 258 g/mol. The summed E-state index contributed by atoms with van der Waals surface area (Å²) in [6, 6.07) is 6.86. The summed E-state index contributed by atoms with van der Waals surface area (Å²) in [5.41, 5.74) is -0.310. The number of ether oxygens (including phenoxy) is 1. The Labute approximate surface area is 107 Å². The fourth-order valence-corrected chi connectivity index (χ4v) is 1.42. The Balaban J connectivity index is 2.37. The van der Waals surface area contributed by atoms with Gasteiger partial charge in [0.15, 0.2) is 0 Å². The minimum absolute atomic E-state index is 0.00633. The van der Waals surface area contributed by atoms with Gasteiger partial charge in [-0.05, 0) is 18.2 Å². The summed E-state index contributed by atoms with van der Waals surface area (Å²) in [5.74, 6) is -1.74. The van der Waals surface area contributed by atoms with Gasteiger partial charge in [0.1, 0.15) is 28.9 Å². The second-order valence-corrected chi connectivity index (χ2v) is 3.54. The van der Waals surface area contributed by atoms with Gasteiger partial charge in [0.25, 0.3) is 0 Å². The van der Waals surface area contributed by atoms with Gasteiger partial charge in [0, 0.05) is 6.20 Å². The lowest BCUT2D eigenvalue weighted by atomic mass is 10.2. The van der Waals surface area contributed by atoms with Crippen molar-refractivity contribution < 1.29 is 19.0 Å². The molecule has 1 aromatic heterocycles. The third-order valence-corrected chi connectivity index (χ3v) is 2.28. The number of aromatic carboxylic acids is 1. The first-order chi connectivity index (χ1) is 9.11. The minimum Gasteiger partial charge on any atom is -0.478 e. The lowest BCUT2D eigenvalue weighted by molar-refractivity contribution is 0.0696. The topological polar surface area (TPSA) is 83.2 Å². The number of benzene rings is 1. The quantitative estimate of drug-likeness (QED) is 0.914. The van der Waals surface area contributed by atoms with Crippen molar-refractivity contribution in [3.05, 3.63) is 53.6 Å². The molecule has 1 heterocycles. The van der Waals surface area contributed by atoms with E-state index in [0.29, 0.717) is 0 Å². The number of pyridine rings is 1. The van der Waals surface area contributed by atoms with Crippen LogP contribution in [0.25, 0.3) is 0 Å². The summed E-state index contributed by atoms with van der Waals surface area (Å²) < 4.78 is 18.6. The standard InChI is InChI=1S/C13H7FN2O3/c14-11-2-1-3-12(10(11)5-15)19-9-4-8(13(17)18)6-16-7-9/h1-4,6-7H,(H,17,18). The zero-order chi connectivity index (χ0) is 13.8. The van der Waals surface area contributed by atoms with Crippen molar-refractivity contribution in [3.8, 4) is 17.6 Å². The highest BCUT2D eigenvalue weighted by Gasteiger charge is 2.11. The van der Waals surface area contributed by atoms with E-state index in [9.17, 15) is 9.18 Å². The maximum Gasteiger partial charge on any atom is 0.337 e. The fraction of sp³-hybridized carbons (Fsp3) is 0. The molecule has 19 heavy (non-hydrogen) atoms. The third kappa shape index (κ3) is 2.66. The molecule has 0 unspecified atom stereocenters. The maximum atomic E-state index is 13.3. The van der Waals surface area contributed by atoms with Gasteiger partial charge in [0.2, 0.25) is 0 Å². The lowest BCUT2D eigenvalue weighted by Gasteiger charge is -2.07. The minimum atomic E-state index is -1.15. The highest BCUT2D eigenvalue weighted by atomic mass is 19.1. The lowest BCUT2D eigenvalue weighted by Crippen LogP contribution is -1.98. The molecule has 2 rings (SSSR count). The van der Waals surface area contributed by atoms with E-state index >= 15 is 0 Å². The molecule has 0 spiro atoms. The Morgan fingerprint density at radius 3 is 2.89 bits per heavy atom. The van der Waals surface area contributed by atoms with Crippen LogP contribution in [0.2, 0.25) is 0 Å². The number of carboxylic acids is 1. The SMILES string of the molecule is N#Cc1c(F)cccc1Oc1cncc(C(=O)O)c1. The van der Waals surface area contributed by atoms with Crippen molar-refractivity contribution in [2.45, 2.75) is 0 Å². The Bertz CT molecular complexity index is 680. The van der Waals surface area contributed by atoms with Crippen LogP contribution >= 0.6 is 0 Å². The Morgan fingerprint density at radius 2 is 2.21 bits per heavy atom. The van der Waals surface area contributed by atoms with Crippen LogP contribution in [0.5, 0.6) is 11.5 Å². The number of carboxylic acid groups (broad SMARTS) is 1. The maximum absolute atomic E-state index is 13.3.